The number of amides is 1. The summed E-state index contributed by atoms with van der Waals surface area (Å²) in [6.07, 6.45) is 2.60. The number of hydrogen-bond acceptors (Lipinski definition) is 4. The maximum absolute atomic E-state index is 12.3. The Hall–Kier alpha value is -1.53. The molecule has 1 aromatic carbocycles. The average Bonchev–Trinajstić information content (AvgIpc) is 3.06. The molecule has 4 nitrogen and oxygen atoms in total. The number of halogens is 1. The van der Waals surface area contributed by atoms with Crippen molar-refractivity contribution in [2.24, 2.45) is 0 Å². The number of aromatic nitrogens is 1. The second kappa shape index (κ2) is 8.53. The van der Waals surface area contributed by atoms with Crippen molar-refractivity contribution >= 4 is 33.6 Å². The van der Waals surface area contributed by atoms with E-state index < -0.39 is 0 Å². The Kier molecular flexibility index (Phi) is 6.15. The highest BCUT2D eigenvalue weighted by Crippen LogP contribution is 2.20. The maximum atomic E-state index is 12.3. The molecule has 6 heteroatoms. The zero-order chi connectivity index (χ0) is 16.8. The number of thioether (sulfide) groups is 1. The number of carbonyl (C=O) groups is 1. The highest BCUT2D eigenvalue weighted by molar-refractivity contribution is 9.10. The van der Waals surface area contributed by atoms with Gasteiger partial charge in [-0.2, -0.15) is 0 Å². The standard InChI is InChI=1S/C18H19BrN2O2S/c19-15-6-7-17(20-10-15)23-16-8-9-21(11-16)18(22)13-24-12-14-4-2-1-3-5-14/h1-7,10,16H,8-9,11-13H2. The molecule has 2 heterocycles. The normalized spacial score (nSPS) is 17.0. The van der Waals surface area contributed by atoms with Crippen LogP contribution in [0.4, 0.5) is 0 Å². The van der Waals surface area contributed by atoms with Crippen molar-refractivity contribution in [1.82, 2.24) is 9.88 Å². The maximum Gasteiger partial charge on any atom is 0.232 e. The summed E-state index contributed by atoms with van der Waals surface area (Å²) in [5.74, 6) is 2.17. The summed E-state index contributed by atoms with van der Waals surface area (Å²) in [6, 6.07) is 14.0. The van der Waals surface area contributed by atoms with Gasteiger partial charge in [-0.3, -0.25) is 4.79 Å². The molecule has 0 saturated carbocycles. The van der Waals surface area contributed by atoms with Crippen molar-refractivity contribution < 1.29 is 9.53 Å². The first-order valence-corrected chi connectivity index (χ1v) is 9.83. The molecule has 3 rings (SSSR count). The first-order chi connectivity index (χ1) is 11.7. The van der Waals surface area contributed by atoms with E-state index in [9.17, 15) is 4.79 Å². The number of carbonyl (C=O) groups excluding carboxylic acids is 1. The summed E-state index contributed by atoms with van der Waals surface area (Å²) in [6.45, 7) is 1.40. The molecule has 24 heavy (non-hydrogen) atoms. The van der Waals surface area contributed by atoms with Gasteiger partial charge in [0, 0.05) is 35.5 Å². The van der Waals surface area contributed by atoms with Gasteiger partial charge in [0.15, 0.2) is 0 Å². The van der Waals surface area contributed by atoms with Crippen molar-refractivity contribution in [2.75, 3.05) is 18.8 Å². The van der Waals surface area contributed by atoms with E-state index in [0.29, 0.717) is 18.2 Å². The molecule has 1 aromatic heterocycles. The van der Waals surface area contributed by atoms with E-state index in [4.69, 9.17) is 4.74 Å². The molecule has 1 fully saturated rings. The van der Waals surface area contributed by atoms with E-state index in [1.807, 2.05) is 35.2 Å². The second-order valence-corrected chi connectivity index (χ2v) is 7.56. The van der Waals surface area contributed by atoms with E-state index in [1.165, 1.54) is 5.56 Å². The lowest BCUT2D eigenvalue weighted by molar-refractivity contribution is -0.127. The summed E-state index contributed by atoms with van der Waals surface area (Å²) < 4.78 is 6.78. The molecule has 1 amide bonds. The molecule has 1 aliphatic heterocycles. The van der Waals surface area contributed by atoms with Crippen molar-refractivity contribution in [3.8, 4) is 5.88 Å². The van der Waals surface area contributed by atoms with Crippen LogP contribution in [-0.4, -0.2) is 40.7 Å². The molecule has 0 radical (unpaired) electrons. The molecule has 0 spiro atoms. The van der Waals surface area contributed by atoms with E-state index >= 15 is 0 Å². The number of hydrogen-bond donors (Lipinski definition) is 0. The third-order valence-electron chi connectivity index (χ3n) is 3.82. The predicted octanol–water partition coefficient (Wildman–Crippen LogP) is 3.76. The van der Waals surface area contributed by atoms with Crippen molar-refractivity contribution in [1.29, 1.82) is 0 Å². The number of nitrogens with zero attached hydrogens (tertiary/aromatic N) is 2. The SMILES string of the molecule is O=C(CSCc1ccccc1)N1CCC(Oc2ccc(Br)cn2)C1. The lowest BCUT2D eigenvalue weighted by atomic mass is 10.2. The summed E-state index contributed by atoms with van der Waals surface area (Å²) in [5, 5.41) is 0. The van der Waals surface area contributed by atoms with E-state index in [1.54, 1.807) is 18.0 Å². The lowest BCUT2D eigenvalue weighted by Gasteiger charge is -2.17. The zero-order valence-corrected chi connectivity index (χ0v) is 15.6. The third kappa shape index (κ3) is 4.98. The van der Waals surface area contributed by atoms with Crippen LogP contribution in [0.5, 0.6) is 5.88 Å². The first kappa shape index (κ1) is 17.3. The molecule has 1 aliphatic rings. The fraction of sp³-hybridized carbons (Fsp3) is 0.333. The average molecular weight is 407 g/mol. The Bertz CT molecular complexity index is 666. The number of rotatable bonds is 6. The number of pyridine rings is 1. The van der Waals surface area contributed by atoms with Gasteiger partial charge in [0.05, 0.1) is 12.3 Å². The monoisotopic (exact) mass is 406 g/mol. The molecule has 1 atom stereocenters. The van der Waals surface area contributed by atoms with Gasteiger partial charge < -0.3 is 9.64 Å². The molecule has 0 bridgehead atoms. The summed E-state index contributed by atoms with van der Waals surface area (Å²) in [5.41, 5.74) is 1.25. The summed E-state index contributed by atoms with van der Waals surface area (Å²) in [4.78, 5) is 18.4. The van der Waals surface area contributed by atoms with Crippen LogP contribution in [0.3, 0.4) is 0 Å². The van der Waals surface area contributed by atoms with Gasteiger partial charge >= 0.3 is 0 Å². The Morgan fingerprint density at radius 1 is 1.29 bits per heavy atom. The van der Waals surface area contributed by atoms with E-state index in [-0.39, 0.29) is 12.0 Å². The largest absolute Gasteiger partial charge is 0.472 e. The van der Waals surface area contributed by atoms with Crippen LogP contribution in [0.25, 0.3) is 0 Å². The number of likely N-dealkylation sites (tertiary alicyclic amines) is 1. The smallest absolute Gasteiger partial charge is 0.232 e. The van der Waals surface area contributed by atoms with Gasteiger partial charge in [-0.05, 0) is 27.6 Å². The molecule has 2 aromatic rings. The molecule has 0 aliphatic carbocycles. The lowest BCUT2D eigenvalue weighted by Crippen LogP contribution is -2.32. The quantitative estimate of drug-likeness (QED) is 0.732. The van der Waals surface area contributed by atoms with Crippen LogP contribution in [0.2, 0.25) is 0 Å². The minimum Gasteiger partial charge on any atom is -0.472 e. The minimum atomic E-state index is 0.0294. The van der Waals surface area contributed by atoms with Crippen LogP contribution in [0, 0.1) is 0 Å². The van der Waals surface area contributed by atoms with Gasteiger partial charge in [0.1, 0.15) is 6.10 Å². The summed E-state index contributed by atoms with van der Waals surface area (Å²) in [7, 11) is 0. The first-order valence-electron chi connectivity index (χ1n) is 7.88. The Morgan fingerprint density at radius 2 is 2.12 bits per heavy atom. The van der Waals surface area contributed by atoms with Crippen LogP contribution < -0.4 is 4.74 Å². The Labute approximate surface area is 154 Å². The fourth-order valence-corrected chi connectivity index (χ4v) is 3.70. The van der Waals surface area contributed by atoms with Gasteiger partial charge in [-0.25, -0.2) is 4.98 Å². The Balaban J connectivity index is 1.41. The van der Waals surface area contributed by atoms with Crippen LogP contribution in [-0.2, 0) is 10.5 Å². The van der Waals surface area contributed by atoms with Crippen LogP contribution in [0.1, 0.15) is 12.0 Å². The number of benzene rings is 1. The van der Waals surface area contributed by atoms with Crippen LogP contribution >= 0.6 is 27.7 Å². The molecule has 0 N–H and O–H groups in total. The van der Waals surface area contributed by atoms with Crippen molar-refractivity contribution in [2.45, 2.75) is 18.3 Å². The van der Waals surface area contributed by atoms with Gasteiger partial charge in [-0.1, -0.05) is 30.3 Å². The van der Waals surface area contributed by atoms with E-state index in [2.05, 4.69) is 33.0 Å². The van der Waals surface area contributed by atoms with E-state index in [0.717, 1.165) is 23.2 Å². The van der Waals surface area contributed by atoms with Crippen LogP contribution in [0.15, 0.2) is 53.1 Å². The Morgan fingerprint density at radius 3 is 2.88 bits per heavy atom. The molecular formula is C18H19BrN2O2S. The number of ether oxygens (including phenoxy) is 1. The second-order valence-electron chi connectivity index (χ2n) is 5.66. The topological polar surface area (TPSA) is 42.4 Å². The van der Waals surface area contributed by atoms with Gasteiger partial charge in [0.2, 0.25) is 11.8 Å². The highest BCUT2D eigenvalue weighted by Gasteiger charge is 2.27. The molecular weight excluding hydrogens is 388 g/mol. The predicted molar refractivity (Wildman–Crippen MR) is 100 cm³/mol. The van der Waals surface area contributed by atoms with Crippen molar-refractivity contribution in [3.05, 3.63) is 58.7 Å². The summed E-state index contributed by atoms with van der Waals surface area (Å²) >= 11 is 5.01. The fourth-order valence-electron chi connectivity index (χ4n) is 2.58. The molecule has 1 saturated heterocycles. The van der Waals surface area contributed by atoms with Gasteiger partial charge in [-0.15, -0.1) is 11.8 Å². The van der Waals surface area contributed by atoms with Crippen molar-refractivity contribution in [3.63, 3.8) is 0 Å². The van der Waals surface area contributed by atoms with Gasteiger partial charge in [0.25, 0.3) is 0 Å². The third-order valence-corrected chi connectivity index (χ3v) is 5.28. The molecule has 1 unspecified atom stereocenters. The minimum absolute atomic E-state index is 0.0294. The zero-order valence-electron chi connectivity index (χ0n) is 13.2. The molecule has 126 valence electrons. The highest BCUT2D eigenvalue weighted by atomic mass is 79.9.